The van der Waals surface area contributed by atoms with Crippen molar-refractivity contribution < 1.29 is 4.79 Å². The summed E-state index contributed by atoms with van der Waals surface area (Å²) in [7, 11) is 0. The molecule has 6 nitrogen and oxygen atoms in total. The molecule has 1 aliphatic carbocycles. The Kier molecular flexibility index (Phi) is 4.06. The number of anilines is 2. The zero-order valence-electron chi connectivity index (χ0n) is 17.0. The second kappa shape index (κ2) is 6.94. The van der Waals surface area contributed by atoms with Crippen LogP contribution in [0, 0.1) is 0 Å². The highest BCUT2D eigenvalue weighted by Crippen LogP contribution is 2.47. The Labute approximate surface area is 179 Å². The number of aromatic nitrogens is 2. The average molecular weight is 410 g/mol. The van der Waals surface area contributed by atoms with E-state index in [2.05, 4.69) is 15.2 Å². The largest absolute Gasteiger partial charge is 0.342 e. The van der Waals surface area contributed by atoms with Crippen LogP contribution in [0.5, 0.6) is 0 Å². The third-order valence-electron chi connectivity index (χ3n) is 6.51. The van der Waals surface area contributed by atoms with E-state index in [0.717, 1.165) is 42.8 Å². The molecule has 6 heteroatoms. The molecule has 0 bridgehead atoms. The van der Waals surface area contributed by atoms with E-state index < -0.39 is 5.92 Å². The van der Waals surface area contributed by atoms with E-state index in [0.29, 0.717) is 28.5 Å². The Balaban J connectivity index is 1.57. The van der Waals surface area contributed by atoms with Crippen molar-refractivity contribution in [3.63, 3.8) is 0 Å². The van der Waals surface area contributed by atoms with Crippen molar-refractivity contribution >= 4 is 23.2 Å². The molecular formula is C25H22N4O2. The Morgan fingerprint density at radius 1 is 0.871 bits per heavy atom. The minimum Gasteiger partial charge on any atom is -0.342 e. The normalized spacial score (nSPS) is 19.5. The molecule has 6 rings (SSSR count). The molecule has 3 heterocycles. The van der Waals surface area contributed by atoms with Gasteiger partial charge in [-0.2, -0.15) is 4.98 Å². The van der Waals surface area contributed by atoms with Crippen LogP contribution in [0.3, 0.4) is 0 Å². The van der Waals surface area contributed by atoms with Crippen LogP contribution in [-0.4, -0.2) is 28.8 Å². The molecule has 1 fully saturated rings. The summed E-state index contributed by atoms with van der Waals surface area (Å²) in [4.78, 5) is 36.8. The molecule has 2 aromatic carbocycles. The number of Topliss-reactive ketones (excluding diaryl/α,β-unsaturated/α-hetero) is 1. The summed E-state index contributed by atoms with van der Waals surface area (Å²) in [6, 6.07) is 17.4. The van der Waals surface area contributed by atoms with Gasteiger partial charge in [-0.3, -0.25) is 14.6 Å². The smallest absolute Gasteiger partial charge is 0.258 e. The van der Waals surface area contributed by atoms with Crippen molar-refractivity contribution in [3.8, 4) is 0 Å². The van der Waals surface area contributed by atoms with Gasteiger partial charge in [0.25, 0.3) is 5.56 Å². The average Bonchev–Trinajstić information content (AvgIpc) is 3.11. The number of carbonyl (C=O) groups is 1. The van der Waals surface area contributed by atoms with E-state index in [1.54, 1.807) is 0 Å². The summed E-state index contributed by atoms with van der Waals surface area (Å²) in [5.74, 6) is 0.655. The molecule has 1 atom stereocenters. The number of allylic oxidation sites excluding steroid dienone is 1. The number of ketones is 1. The third-order valence-corrected chi connectivity index (χ3v) is 6.51. The van der Waals surface area contributed by atoms with Gasteiger partial charge in [0.15, 0.2) is 5.78 Å². The molecule has 3 aromatic rings. The van der Waals surface area contributed by atoms with Crippen LogP contribution in [0.15, 0.2) is 65.0 Å². The number of fused-ring (bicyclic) bond motifs is 3. The lowest BCUT2D eigenvalue weighted by atomic mass is 9.82. The fourth-order valence-corrected chi connectivity index (χ4v) is 5.04. The van der Waals surface area contributed by atoms with E-state index in [-0.39, 0.29) is 11.3 Å². The maximum absolute atomic E-state index is 13.4. The van der Waals surface area contributed by atoms with Crippen LogP contribution in [-0.2, 0) is 0 Å². The van der Waals surface area contributed by atoms with E-state index in [1.165, 1.54) is 6.42 Å². The van der Waals surface area contributed by atoms with E-state index in [1.807, 2.05) is 54.6 Å². The van der Waals surface area contributed by atoms with Crippen molar-refractivity contribution in [2.24, 2.45) is 0 Å². The zero-order valence-corrected chi connectivity index (χ0v) is 17.0. The number of hydrogen-bond acceptors (Lipinski definition) is 5. The molecule has 0 unspecified atom stereocenters. The Bertz CT molecular complexity index is 1290. The van der Waals surface area contributed by atoms with Gasteiger partial charge in [0.2, 0.25) is 5.95 Å². The number of piperidine rings is 1. The standard InChI is InChI=1S/C25H22N4O2/c30-22-17-12-6-5-11-16(17)21-19(22)18(15-9-3-1-4-10-15)20-23(26-21)27-25(28-24(20)31)29-13-7-2-8-14-29/h1,3-6,9-12,18H,2,7-8,13-14H2,(H2,26,27,28,31)/t18-/m1/s1. The van der Waals surface area contributed by atoms with E-state index in [4.69, 9.17) is 4.98 Å². The van der Waals surface area contributed by atoms with Crippen molar-refractivity contribution in [1.29, 1.82) is 0 Å². The zero-order chi connectivity index (χ0) is 20.9. The molecule has 1 saturated heterocycles. The highest BCUT2D eigenvalue weighted by atomic mass is 16.1. The number of benzene rings is 2. The predicted octanol–water partition coefficient (Wildman–Crippen LogP) is 3.93. The minimum atomic E-state index is -0.459. The Hall–Kier alpha value is -3.67. The summed E-state index contributed by atoms with van der Waals surface area (Å²) in [5.41, 5.74) is 4.16. The summed E-state index contributed by atoms with van der Waals surface area (Å²) in [6.45, 7) is 1.78. The van der Waals surface area contributed by atoms with Crippen LogP contribution in [0.25, 0.3) is 5.70 Å². The summed E-state index contributed by atoms with van der Waals surface area (Å²) in [6.07, 6.45) is 3.39. The van der Waals surface area contributed by atoms with Gasteiger partial charge in [-0.15, -0.1) is 0 Å². The van der Waals surface area contributed by atoms with Gasteiger partial charge in [-0.25, -0.2) is 0 Å². The number of rotatable bonds is 2. The van der Waals surface area contributed by atoms with Crippen molar-refractivity contribution in [2.75, 3.05) is 23.3 Å². The van der Waals surface area contributed by atoms with Gasteiger partial charge in [0.1, 0.15) is 5.82 Å². The quantitative estimate of drug-likeness (QED) is 0.669. The lowest BCUT2D eigenvalue weighted by Gasteiger charge is -2.31. The SMILES string of the molecule is O=C1C2=C(Nc3nc(N4CCCCC4)[nH]c(=O)c3[C@@H]2c2ccccc2)c2ccccc21. The fourth-order valence-electron chi connectivity index (χ4n) is 5.04. The van der Waals surface area contributed by atoms with Crippen molar-refractivity contribution in [2.45, 2.75) is 25.2 Å². The van der Waals surface area contributed by atoms with Gasteiger partial charge in [0, 0.05) is 35.7 Å². The van der Waals surface area contributed by atoms with Gasteiger partial charge < -0.3 is 10.2 Å². The molecule has 1 aromatic heterocycles. The summed E-state index contributed by atoms with van der Waals surface area (Å²) in [5, 5.41) is 3.37. The van der Waals surface area contributed by atoms with Crippen molar-refractivity contribution in [3.05, 3.63) is 92.8 Å². The molecule has 2 N–H and O–H groups in total. The number of nitrogens with one attached hydrogen (secondary N) is 2. The van der Waals surface area contributed by atoms with Crippen LogP contribution in [0.1, 0.15) is 52.2 Å². The first-order valence-electron chi connectivity index (χ1n) is 10.8. The molecule has 154 valence electrons. The molecule has 3 aliphatic rings. The number of hydrogen-bond donors (Lipinski definition) is 2. The third kappa shape index (κ3) is 2.75. The number of nitrogens with zero attached hydrogens (tertiary/aromatic N) is 2. The van der Waals surface area contributed by atoms with Gasteiger partial charge in [-0.05, 0) is 24.8 Å². The second-order valence-electron chi connectivity index (χ2n) is 8.33. The van der Waals surface area contributed by atoms with Gasteiger partial charge >= 0.3 is 0 Å². The lowest BCUT2D eigenvalue weighted by molar-refractivity contribution is 0.103. The molecule has 0 spiro atoms. The number of carbonyl (C=O) groups excluding carboxylic acids is 1. The minimum absolute atomic E-state index is 0.0305. The summed E-state index contributed by atoms with van der Waals surface area (Å²) < 4.78 is 0. The monoisotopic (exact) mass is 410 g/mol. The first kappa shape index (κ1) is 18.1. The Morgan fingerprint density at radius 3 is 2.35 bits per heavy atom. The highest BCUT2D eigenvalue weighted by Gasteiger charge is 2.42. The highest BCUT2D eigenvalue weighted by molar-refractivity contribution is 6.23. The van der Waals surface area contributed by atoms with Crippen molar-refractivity contribution in [1.82, 2.24) is 9.97 Å². The lowest BCUT2D eigenvalue weighted by Crippen LogP contribution is -2.35. The maximum atomic E-state index is 13.4. The van der Waals surface area contributed by atoms with Gasteiger partial charge in [-0.1, -0.05) is 54.6 Å². The summed E-state index contributed by atoms with van der Waals surface area (Å²) >= 11 is 0. The number of H-pyrrole nitrogens is 1. The molecule has 0 amide bonds. The first-order valence-corrected chi connectivity index (χ1v) is 10.8. The predicted molar refractivity (Wildman–Crippen MR) is 121 cm³/mol. The molecule has 0 saturated carbocycles. The molecule has 31 heavy (non-hydrogen) atoms. The molecule has 0 radical (unpaired) electrons. The fraction of sp³-hybridized carbons (Fsp3) is 0.240. The second-order valence-corrected chi connectivity index (χ2v) is 8.33. The first-order chi connectivity index (χ1) is 15.2. The van der Waals surface area contributed by atoms with Crippen LogP contribution in [0.2, 0.25) is 0 Å². The topological polar surface area (TPSA) is 78.1 Å². The van der Waals surface area contributed by atoms with Crippen LogP contribution < -0.4 is 15.8 Å². The van der Waals surface area contributed by atoms with E-state index >= 15 is 0 Å². The maximum Gasteiger partial charge on any atom is 0.258 e. The number of aromatic amines is 1. The van der Waals surface area contributed by atoms with Crippen LogP contribution >= 0.6 is 0 Å². The van der Waals surface area contributed by atoms with Gasteiger partial charge in [0.05, 0.1) is 11.3 Å². The van der Waals surface area contributed by atoms with E-state index in [9.17, 15) is 9.59 Å². The molecule has 2 aliphatic heterocycles. The van der Waals surface area contributed by atoms with Crippen LogP contribution in [0.4, 0.5) is 11.8 Å². The molecular weight excluding hydrogens is 388 g/mol. The Morgan fingerprint density at radius 2 is 1.58 bits per heavy atom.